The monoisotopic (exact) mass is 306 g/mol. The molecule has 0 aliphatic heterocycles. The lowest BCUT2D eigenvalue weighted by Crippen LogP contribution is -2.19. The van der Waals surface area contributed by atoms with Crippen LogP contribution in [0.4, 0.5) is 0 Å². The Kier molecular flexibility index (Phi) is 4.00. The van der Waals surface area contributed by atoms with Crippen molar-refractivity contribution in [2.24, 2.45) is 0 Å². The summed E-state index contributed by atoms with van der Waals surface area (Å²) in [5.41, 5.74) is 1.06. The predicted octanol–water partition coefficient (Wildman–Crippen LogP) is 2.94. The van der Waals surface area contributed by atoms with E-state index >= 15 is 0 Å². The molecule has 0 saturated carbocycles. The van der Waals surface area contributed by atoms with Crippen LogP contribution in [0.5, 0.6) is 11.5 Å². The van der Waals surface area contributed by atoms with Crippen LogP contribution in [-0.4, -0.2) is 20.2 Å². The number of benzene rings is 1. The van der Waals surface area contributed by atoms with E-state index in [9.17, 15) is 15.0 Å². The lowest BCUT2D eigenvalue weighted by molar-refractivity contribution is 0.402. The summed E-state index contributed by atoms with van der Waals surface area (Å²) in [4.78, 5) is 19.6. The molecule has 112 valence electrons. The largest absolute Gasteiger partial charge is 0.504 e. The van der Waals surface area contributed by atoms with E-state index in [1.54, 1.807) is 0 Å². The van der Waals surface area contributed by atoms with Crippen LogP contribution >= 0.6 is 11.8 Å². The number of phenols is 2. The maximum Gasteiger partial charge on any atom is 0.251 e. The summed E-state index contributed by atoms with van der Waals surface area (Å²) in [6.07, 6.45) is 0. The molecular weight excluding hydrogens is 288 g/mol. The van der Waals surface area contributed by atoms with E-state index in [0.29, 0.717) is 10.9 Å². The Hall–Kier alpha value is -1.95. The fourth-order valence-corrected chi connectivity index (χ4v) is 2.64. The molecule has 0 spiro atoms. The van der Waals surface area contributed by atoms with Gasteiger partial charge in [0.05, 0.1) is 5.69 Å². The molecule has 0 radical (unpaired) electrons. The van der Waals surface area contributed by atoms with Crippen LogP contribution in [0.2, 0.25) is 0 Å². The van der Waals surface area contributed by atoms with Crippen LogP contribution in [0.1, 0.15) is 32.0 Å². The van der Waals surface area contributed by atoms with Crippen LogP contribution in [0.25, 0.3) is 0 Å². The molecule has 0 bridgehead atoms. The van der Waals surface area contributed by atoms with Gasteiger partial charge in [-0.25, -0.2) is 4.98 Å². The second-order valence-electron chi connectivity index (χ2n) is 5.89. The fourth-order valence-electron chi connectivity index (χ4n) is 1.74. The first kappa shape index (κ1) is 15.4. The highest BCUT2D eigenvalue weighted by Crippen LogP contribution is 2.35. The molecule has 0 aliphatic carbocycles. The molecule has 0 atom stereocenters. The molecule has 2 rings (SSSR count). The molecule has 5 nitrogen and oxygen atoms in total. The van der Waals surface area contributed by atoms with Crippen LogP contribution in [0.3, 0.4) is 0 Å². The van der Waals surface area contributed by atoms with Gasteiger partial charge in [-0.2, -0.15) is 0 Å². The van der Waals surface area contributed by atoms with Crippen molar-refractivity contribution in [2.45, 2.75) is 43.2 Å². The Morgan fingerprint density at radius 3 is 2.38 bits per heavy atom. The molecule has 0 saturated heterocycles. The molecule has 0 aliphatic rings. The van der Waals surface area contributed by atoms with Crippen molar-refractivity contribution in [3.8, 4) is 11.5 Å². The fraction of sp³-hybridized carbons (Fsp3) is 0.333. The van der Waals surface area contributed by atoms with Crippen molar-refractivity contribution in [3.63, 3.8) is 0 Å². The molecule has 1 heterocycles. The Labute approximate surface area is 127 Å². The highest BCUT2D eigenvalue weighted by Gasteiger charge is 2.18. The normalized spacial score (nSPS) is 11.6. The van der Waals surface area contributed by atoms with Gasteiger partial charge in [0.2, 0.25) is 0 Å². The van der Waals surface area contributed by atoms with E-state index in [4.69, 9.17) is 0 Å². The minimum absolute atomic E-state index is 0.165. The number of phenolic OH excluding ortho intramolecular Hbond substituents is 2. The summed E-state index contributed by atoms with van der Waals surface area (Å²) in [5.74, 6) is -0.362. The predicted molar refractivity (Wildman–Crippen MR) is 82.2 cm³/mol. The first-order valence-corrected chi connectivity index (χ1v) is 7.31. The van der Waals surface area contributed by atoms with Gasteiger partial charge in [-0.1, -0.05) is 32.5 Å². The molecule has 21 heavy (non-hydrogen) atoms. The number of nitrogens with zero attached hydrogens (tertiary/aromatic N) is 1. The minimum atomic E-state index is -0.226. The van der Waals surface area contributed by atoms with Crippen LogP contribution in [-0.2, 0) is 5.41 Å². The van der Waals surface area contributed by atoms with Crippen molar-refractivity contribution < 1.29 is 10.2 Å². The van der Waals surface area contributed by atoms with E-state index in [1.165, 1.54) is 30.0 Å². The topological polar surface area (TPSA) is 86.2 Å². The van der Waals surface area contributed by atoms with Crippen molar-refractivity contribution >= 4 is 11.8 Å². The Bertz CT molecular complexity index is 733. The van der Waals surface area contributed by atoms with Crippen molar-refractivity contribution in [1.82, 2.24) is 9.97 Å². The van der Waals surface area contributed by atoms with E-state index in [2.05, 4.69) is 9.97 Å². The molecule has 1 aromatic heterocycles. The van der Waals surface area contributed by atoms with Gasteiger partial charge in [0.1, 0.15) is 0 Å². The summed E-state index contributed by atoms with van der Waals surface area (Å²) < 4.78 is 0. The van der Waals surface area contributed by atoms with E-state index in [1.807, 2.05) is 27.7 Å². The third kappa shape index (κ3) is 3.58. The maximum absolute atomic E-state index is 11.8. The average Bonchev–Trinajstić information content (AvgIpc) is 2.34. The van der Waals surface area contributed by atoms with Crippen LogP contribution in [0.15, 0.2) is 33.0 Å². The van der Waals surface area contributed by atoms with Gasteiger partial charge in [-0.05, 0) is 24.6 Å². The second-order valence-corrected chi connectivity index (χ2v) is 6.92. The lowest BCUT2D eigenvalue weighted by Gasteiger charge is -2.17. The van der Waals surface area contributed by atoms with Crippen molar-refractivity contribution in [1.29, 1.82) is 0 Å². The molecular formula is C15H18N2O3S. The molecule has 0 unspecified atom stereocenters. The van der Waals surface area contributed by atoms with Crippen molar-refractivity contribution in [2.75, 3.05) is 0 Å². The number of aromatic nitrogens is 2. The van der Waals surface area contributed by atoms with Crippen LogP contribution in [0, 0.1) is 6.92 Å². The zero-order chi connectivity index (χ0) is 15.8. The molecule has 6 heteroatoms. The van der Waals surface area contributed by atoms with Gasteiger partial charge >= 0.3 is 0 Å². The first-order valence-electron chi connectivity index (χ1n) is 6.49. The van der Waals surface area contributed by atoms with Gasteiger partial charge in [0.15, 0.2) is 16.7 Å². The highest BCUT2D eigenvalue weighted by molar-refractivity contribution is 7.99. The summed E-state index contributed by atoms with van der Waals surface area (Å²) in [6, 6.07) is 4.42. The number of rotatable bonds is 2. The number of H-pyrrole nitrogens is 1. The molecule has 3 N–H and O–H groups in total. The van der Waals surface area contributed by atoms with Gasteiger partial charge in [-0.15, -0.1) is 0 Å². The van der Waals surface area contributed by atoms with Gasteiger partial charge in [-0.3, -0.25) is 4.79 Å². The number of nitrogens with one attached hydrogen (secondary N) is 1. The quantitative estimate of drug-likeness (QED) is 0.586. The number of aryl methyl sites for hydroxylation is 1. The molecule has 0 amide bonds. The second kappa shape index (κ2) is 5.44. The summed E-state index contributed by atoms with van der Waals surface area (Å²) in [5, 5.41) is 19.5. The average molecular weight is 306 g/mol. The Morgan fingerprint density at radius 1 is 1.14 bits per heavy atom. The summed E-state index contributed by atoms with van der Waals surface area (Å²) in [6.45, 7) is 7.77. The molecule has 0 fully saturated rings. The Balaban J connectivity index is 2.43. The third-order valence-electron chi connectivity index (χ3n) is 2.97. The zero-order valence-corrected chi connectivity index (χ0v) is 13.2. The van der Waals surface area contributed by atoms with Gasteiger partial charge in [0, 0.05) is 16.4 Å². The number of hydrogen-bond donors (Lipinski definition) is 3. The summed E-state index contributed by atoms with van der Waals surface area (Å²) in [7, 11) is 0. The van der Waals surface area contributed by atoms with E-state index in [-0.39, 0.29) is 22.5 Å². The van der Waals surface area contributed by atoms with Gasteiger partial charge in [0.25, 0.3) is 5.56 Å². The van der Waals surface area contributed by atoms with Crippen molar-refractivity contribution in [3.05, 3.63) is 39.8 Å². The maximum atomic E-state index is 11.8. The first-order chi connectivity index (χ1) is 9.66. The number of hydrogen-bond acceptors (Lipinski definition) is 5. The zero-order valence-electron chi connectivity index (χ0n) is 12.4. The molecule has 2 aromatic rings. The molecule has 1 aromatic carbocycles. The Morgan fingerprint density at radius 2 is 1.76 bits per heavy atom. The van der Waals surface area contributed by atoms with Gasteiger partial charge < -0.3 is 15.2 Å². The number of aromatic hydroxyl groups is 2. The standard InChI is InChI=1S/C15H18N2O3S/c1-8-5-9(18)10(19)6-11(8)21-14-16-12(15(2,3)4)7-13(20)17-14/h5-7,18-19H,1-4H3,(H,16,17,20). The third-order valence-corrected chi connectivity index (χ3v) is 4.01. The smallest absolute Gasteiger partial charge is 0.251 e. The van der Waals surface area contributed by atoms with E-state index in [0.717, 1.165) is 10.5 Å². The summed E-state index contributed by atoms with van der Waals surface area (Å²) >= 11 is 1.24. The number of aromatic amines is 1. The van der Waals surface area contributed by atoms with Crippen LogP contribution < -0.4 is 5.56 Å². The minimum Gasteiger partial charge on any atom is -0.504 e. The lowest BCUT2D eigenvalue weighted by atomic mass is 9.92. The van der Waals surface area contributed by atoms with E-state index < -0.39 is 0 Å². The SMILES string of the molecule is Cc1cc(O)c(O)cc1Sc1nc(C(C)(C)C)cc(=O)[nH]1. The highest BCUT2D eigenvalue weighted by atomic mass is 32.2.